The first kappa shape index (κ1) is 15.0. The molecule has 0 radical (unpaired) electrons. The predicted octanol–water partition coefficient (Wildman–Crippen LogP) is 2.72. The largest absolute Gasteiger partial charge is 0.339 e. The molecule has 0 spiro atoms. The van der Waals surface area contributed by atoms with Gasteiger partial charge in [-0.05, 0) is 55.7 Å². The van der Waals surface area contributed by atoms with Crippen molar-refractivity contribution in [1.29, 1.82) is 5.26 Å². The fraction of sp³-hybridized carbons (Fsp3) is 0.294. The van der Waals surface area contributed by atoms with Gasteiger partial charge >= 0.3 is 0 Å². The Morgan fingerprint density at radius 3 is 2.39 bits per heavy atom. The van der Waals surface area contributed by atoms with Crippen LogP contribution in [0.4, 0.5) is 11.5 Å². The lowest BCUT2D eigenvalue weighted by molar-refractivity contribution is 0.0717. The topological polar surface area (TPSA) is 81.9 Å². The van der Waals surface area contributed by atoms with Crippen molar-refractivity contribution in [3.8, 4) is 6.07 Å². The van der Waals surface area contributed by atoms with Crippen LogP contribution in [0.25, 0.3) is 0 Å². The molecule has 1 N–H and O–H groups in total. The van der Waals surface area contributed by atoms with Crippen molar-refractivity contribution >= 4 is 17.4 Å². The maximum absolute atomic E-state index is 12.3. The smallest absolute Gasteiger partial charge is 0.274 e. The zero-order chi connectivity index (χ0) is 16.1. The van der Waals surface area contributed by atoms with Crippen molar-refractivity contribution in [1.82, 2.24) is 15.1 Å². The van der Waals surface area contributed by atoms with Crippen LogP contribution in [0, 0.1) is 11.3 Å². The molecule has 6 heteroatoms. The summed E-state index contributed by atoms with van der Waals surface area (Å²) < 4.78 is 0. The number of nitrogens with one attached hydrogen (secondary N) is 1. The highest BCUT2D eigenvalue weighted by atomic mass is 16.2. The molecule has 1 aliphatic rings. The van der Waals surface area contributed by atoms with Gasteiger partial charge in [0.05, 0.1) is 11.6 Å². The van der Waals surface area contributed by atoms with Crippen molar-refractivity contribution in [2.45, 2.75) is 19.3 Å². The Bertz CT molecular complexity index is 712. The molecule has 1 aromatic heterocycles. The second-order valence-corrected chi connectivity index (χ2v) is 5.47. The van der Waals surface area contributed by atoms with E-state index in [1.54, 1.807) is 36.4 Å². The van der Waals surface area contributed by atoms with Crippen molar-refractivity contribution in [3.05, 3.63) is 47.7 Å². The van der Waals surface area contributed by atoms with Crippen LogP contribution in [0.3, 0.4) is 0 Å². The Balaban J connectivity index is 1.66. The normalized spacial score (nSPS) is 14.1. The number of carbonyl (C=O) groups is 1. The SMILES string of the molecule is N#Cc1ccc(Nc2ccc(C(=O)N3CCCCC3)nn2)cc1. The molecule has 1 aliphatic heterocycles. The number of carbonyl (C=O) groups excluding carboxylic acids is 1. The maximum Gasteiger partial charge on any atom is 0.274 e. The van der Waals surface area contributed by atoms with Gasteiger partial charge in [-0.3, -0.25) is 4.79 Å². The number of rotatable bonds is 3. The minimum atomic E-state index is -0.0536. The van der Waals surface area contributed by atoms with Crippen LogP contribution in [-0.2, 0) is 0 Å². The molecule has 116 valence electrons. The van der Waals surface area contributed by atoms with E-state index in [0.717, 1.165) is 31.6 Å². The fourth-order valence-corrected chi connectivity index (χ4v) is 2.55. The van der Waals surface area contributed by atoms with Crippen molar-refractivity contribution < 1.29 is 4.79 Å². The maximum atomic E-state index is 12.3. The Labute approximate surface area is 134 Å². The number of nitriles is 1. The molecule has 3 rings (SSSR count). The van der Waals surface area contributed by atoms with Gasteiger partial charge in [0.2, 0.25) is 0 Å². The van der Waals surface area contributed by atoms with E-state index in [4.69, 9.17) is 5.26 Å². The average Bonchev–Trinajstić information content (AvgIpc) is 2.63. The Morgan fingerprint density at radius 1 is 1.04 bits per heavy atom. The summed E-state index contributed by atoms with van der Waals surface area (Å²) in [6.07, 6.45) is 3.29. The molecule has 2 aromatic rings. The lowest BCUT2D eigenvalue weighted by atomic mass is 10.1. The van der Waals surface area contributed by atoms with E-state index < -0.39 is 0 Å². The van der Waals surface area contributed by atoms with Crippen molar-refractivity contribution in [2.75, 3.05) is 18.4 Å². The van der Waals surface area contributed by atoms with Gasteiger partial charge in [0, 0.05) is 18.8 Å². The van der Waals surface area contributed by atoms with Crippen LogP contribution in [0.15, 0.2) is 36.4 Å². The van der Waals surface area contributed by atoms with Gasteiger partial charge in [0.25, 0.3) is 5.91 Å². The molecule has 0 atom stereocenters. The molecule has 2 heterocycles. The average molecular weight is 307 g/mol. The highest BCUT2D eigenvalue weighted by molar-refractivity contribution is 5.92. The van der Waals surface area contributed by atoms with Crippen LogP contribution >= 0.6 is 0 Å². The number of hydrogen-bond acceptors (Lipinski definition) is 5. The molecule has 1 aromatic carbocycles. The van der Waals surface area contributed by atoms with Crippen molar-refractivity contribution in [2.24, 2.45) is 0 Å². The number of hydrogen-bond donors (Lipinski definition) is 1. The number of benzene rings is 1. The third kappa shape index (κ3) is 3.64. The summed E-state index contributed by atoms with van der Waals surface area (Å²) in [7, 11) is 0. The van der Waals surface area contributed by atoms with Gasteiger partial charge in [-0.1, -0.05) is 0 Å². The molecule has 1 fully saturated rings. The molecule has 23 heavy (non-hydrogen) atoms. The predicted molar refractivity (Wildman–Crippen MR) is 86.2 cm³/mol. The molecule has 0 aliphatic carbocycles. The van der Waals surface area contributed by atoms with Crippen LogP contribution in [0.5, 0.6) is 0 Å². The van der Waals surface area contributed by atoms with E-state index in [1.165, 1.54) is 6.42 Å². The minimum absolute atomic E-state index is 0.0536. The number of aromatic nitrogens is 2. The Kier molecular flexibility index (Phi) is 4.48. The monoisotopic (exact) mass is 307 g/mol. The summed E-state index contributed by atoms with van der Waals surface area (Å²) in [6, 6.07) is 12.5. The second-order valence-electron chi connectivity index (χ2n) is 5.47. The van der Waals surface area contributed by atoms with Gasteiger partial charge in [-0.15, -0.1) is 10.2 Å². The number of likely N-dealkylation sites (tertiary alicyclic amines) is 1. The first-order valence-corrected chi connectivity index (χ1v) is 7.66. The quantitative estimate of drug-likeness (QED) is 0.942. The van der Waals surface area contributed by atoms with E-state index in [0.29, 0.717) is 17.1 Å². The zero-order valence-corrected chi connectivity index (χ0v) is 12.7. The number of anilines is 2. The Hall–Kier alpha value is -2.94. The molecular weight excluding hydrogens is 290 g/mol. The summed E-state index contributed by atoms with van der Waals surface area (Å²) in [5.41, 5.74) is 1.79. The highest BCUT2D eigenvalue weighted by Crippen LogP contribution is 2.16. The molecule has 1 saturated heterocycles. The third-order valence-electron chi connectivity index (χ3n) is 3.81. The highest BCUT2D eigenvalue weighted by Gasteiger charge is 2.19. The number of piperidine rings is 1. The van der Waals surface area contributed by atoms with Gasteiger partial charge < -0.3 is 10.2 Å². The summed E-state index contributed by atoms with van der Waals surface area (Å²) in [4.78, 5) is 14.1. The molecule has 0 unspecified atom stereocenters. The molecule has 0 bridgehead atoms. The third-order valence-corrected chi connectivity index (χ3v) is 3.81. The summed E-state index contributed by atoms with van der Waals surface area (Å²) in [5, 5.41) is 20.0. The van der Waals surface area contributed by atoms with Crippen molar-refractivity contribution in [3.63, 3.8) is 0 Å². The van der Waals surface area contributed by atoms with E-state index in [9.17, 15) is 4.79 Å². The zero-order valence-electron chi connectivity index (χ0n) is 12.7. The summed E-state index contributed by atoms with van der Waals surface area (Å²) in [6.45, 7) is 1.59. The molecule has 0 saturated carbocycles. The summed E-state index contributed by atoms with van der Waals surface area (Å²) >= 11 is 0. The lowest BCUT2D eigenvalue weighted by Crippen LogP contribution is -2.36. The van der Waals surface area contributed by atoms with Crippen LogP contribution in [0.2, 0.25) is 0 Å². The van der Waals surface area contributed by atoms with Crippen LogP contribution < -0.4 is 5.32 Å². The first-order valence-electron chi connectivity index (χ1n) is 7.66. The lowest BCUT2D eigenvalue weighted by Gasteiger charge is -2.26. The molecule has 1 amide bonds. The first-order chi connectivity index (χ1) is 11.3. The number of amides is 1. The standard InChI is InChI=1S/C17H17N5O/c18-12-13-4-6-14(7-5-13)19-16-9-8-15(20-21-16)17(23)22-10-2-1-3-11-22/h4-9H,1-3,10-11H2,(H,19,21). The van der Waals surface area contributed by atoms with Crippen LogP contribution in [-0.4, -0.2) is 34.1 Å². The van der Waals surface area contributed by atoms with E-state index in [-0.39, 0.29) is 5.91 Å². The van der Waals surface area contributed by atoms with E-state index in [1.807, 2.05) is 4.90 Å². The van der Waals surface area contributed by atoms with E-state index in [2.05, 4.69) is 21.6 Å². The second kappa shape index (κ2) is 6.88. The fourth-order valence-electron chi connectivity index (χ4n) is 2.55. The van der Waals surface area contributed by atoms with Gasteiger partial charge in [-0.2, -0.15) is 5.26 Å². The number of nitrogens with zero attached hydrogens (tertiary/aromatic N) is 4. The summed E-state index contributed by atoms with van der Waals surface area (Å²) in [5.74, 6) is 0.507. The van der Waals surface area contributed by atoms with E-state index >= 15 is 0 Å². The van der Waals surface area contributed by atoms with Gasteiger partial charge in [0.1, 0.15) is 0 Å². The van der Waals surface area contributed by atoms with Gasteiger partial charge in [0.15, 0.2) is 11.5 Å². The van der Waals surface area contributed by atoms with Crippen LogP contribution in [0.1, 0.15) is 35.3 Å². The molecular formula is C17H17N5O. The Morgan fingerprint density at radius 2 is 1.78 bits per heavy atom. The molecule has 6 nitrogen and oxygen atoms in total. The minimum Gasteiger partial charge on any atom is -0.339 e. The van der Waals surface area contributed by atoms with Gasteiger partial charge in [-0.25, -0.2) is 0 Å².